The summed E-state index contributed by atoms with van der Waals surface area (Å²) in [5.74, 6) is -0.0599. The van der Waals surface area contributed by atoms with Gasteiger partial charge in [0.05, 0.1) is 5.56 Å². The minimum Gasteiger partial charge on any atom is -0.489 e. The van der Waals surface area contributed by atoms with E-state index in [-0.39, 0.29) is 11.3 Å². The van der Waals surface area contributed by atoms with Crippen LogP contribution in [-0.2, 0) is 6.61 Å². The molecule has 0 aliphatic carbocycles. The maximum atomic E-state index is 12.5. The van der Waals surface area contributed by atoms with Crippen LogP contribution in [0.3, 0.4) is 0 Å². The van der Waals surface area contributed by atoms with Gasteiger partial charge in [0.25, 0.3) is 5.91 Å². The van der Waals surface area contributed by atoms with Crippen molar-refractivity contribution in [2.75, 3.05) is 5.32 Å². The molecular formula is C21H17F2NO3. The zero-order valence-corrected chi connectivity index (χ0v) is 14.3. The number of para-hydroxylation sites is 1. The van der Waals surface area contributed by atoms with E-state index >= 15 is 0 Å². The van der Waals surface area contributed by atoms with Gasteiger partial charge in [0.15, 0.2) is 0 Å². The van der Waals surface area contributed by atoms with Crippen molar-refractivity contribution in [3.8, 4) is 11.5 Å². The monoisotopic (exact) mass is 369 g/mol. The molecule has 6 heteroatoms. The van der Waals surface area contributed by atoms with Gasteiger partial charge in [-0.15, -0.1) is 0 Å². The fourth-order valence-corrected chi connectivity index (χ4v) is 2.43. The van der Waals surface area contributed by atoms with Gasteiger partial charge >= 0.3 is 6.61 Å². The summed E-state index contributed by atoms with van der Waals surface area (Å²) < 4.78 is 35.0. The first-order chi connectivity index (χ1) is 13.1. The Morgan fingerprint density at radius 1 is 0.889 bits per heavy atom. The highest BCUT2D eigenvalue weighted by Gasteiger charge is 2.15. The van der Waals surface area contributed by atoms with E-state index in [1.165, 1.54) is 18.2 Å². The van der Waals surface area contributed by atoms with Gasteiger partial charge in [-0.2, -0.15) is 8.78 Å². The Bertz CT molecular complexity index is 883. The minimum absolute atomic E-state index is 0.0298. The fraction of sp³-hybridized carbons (Fsp3) is 0.0952. The van der Waals surface area contributed by atoms with Gasteiger partial charge in [0.2, 0.25) is 0 Å². The van der Waals surface area contributed by atoms with E-state index in [0.717, 1.165) is 5.56 Å². The topological polar surface area (TPSA) is 47.6 Å². The largest absolute Gasteiger partial charge is 0.489 e. The van der Waals surface area contributed by atoms with Crippen molar-refractivity contribution in [3.63, 3.8) is 0 Å². The molecule has 0 saturated carbocycles. The first-order valence-electron chi connectivity index (χ1n) is 8.24. The second-order valence-corrected chi connectivity index (χ2v) is 5.63. The van der Waals surface area contributed by atoms with E-state index in [4.69, 9.17) is 4.74 Å². The summed E-state index contributed by atoms with van der Waals surface area (Å²) >= 11 is 0. The third-order valence-electron chi connectivity index (χ3n) is 3.71. The van der Waals surface area contributed by atoms with Crippen LogP contribution in [0.5, 0.6) is 11.5 Å². The van der Waals surface area contributed by atoms with Gasteiger partial charge in [-0.05, 0) is 42.0 Å². The van der Waals surface area contributed by atoms with Crippen LogP contribution in [0.25, 0.3) is 0 Å². The lowest BCUT2D eigenvalue weighted by Gasteiger charge is -2.11. The summed E-state index contributed by atoms with van der Waals surface area (Å²) in [7, 11) is 0. The molecule has 0 heterocycles. The van der Waals surface area contributed by atoms with Crippen LogP contribution in [0, 0.1) is 0 Å². The van der Waals surface area contributed by atoms with Gasteiger partial charge in [0.1, 0.15) is 18.1 Å². The molecule has 1 N–H and O–H groups in total. The Labute approximate surface area is 155 Å². The van der Waals surface area contributed by atoms with Gasteiger partial charge in [-0.1, -0.05) is 42.5 Å². The number of hydrogen-bond acceptors (Lipinski definition) is 3. The number of amides is 1. The second-order valence-electron chi connectivity index (χ2n) is 5.63. The third kappa shape index (κ3) is 5.28. The number of carbonyl (C=O) groups excluding carboxylic acids is 1. The average Bonchev–Trinajstić information content (AvgIpc) is 2.68. The quantitative estimate of drug-likeness (QED) is 0.629. The predicted molar refractivity (Wildman–Crippen MR) is 98.2 cm³/mol. The van der Waals surface area contributed by atoms with Crippen LogP contribution in [0.2, 0.25) is 0 Å². The molecule has 138 valence electrons. The minimum atomic E-state index is -3.00. The molecule has 0 aliphatic heterocycles. The molecule has 3 aromatic rings. The number of halogens is 2. The summed E-state index contributed by atoms with van der Waals surface area (Å²) in [5, 5.41) is 2.65. The molecule has 0 atom stereocenters. The maximum Gasteiger partial charge on any atom is 0.387 e. The fourth-order valence-electron chi connectivity index (χ4n) is 2.43. The van der Waals surface area contributed by atoms with Crippen molar-refractivity contribution in [3.05, 3.63) is 90.0 Å². The van der Waals surface area contributed by atoms with Crippen molar-refractivity contribution >= 4 is 11.6 Å². The number of hydrogen-bond donors (Lipinski definition) is 1. The Balaban J connectivity index is 1.62. The highest BCUT2D eigenvalue weighted by atomic mass is 19.3. The molecule has 27 heavy (non-hydrogen) atoms. The van der Waals surface area contributed by atoms with Crippen LogP contribution in [0.1, 0.15) is 15.9 Å². The molecular weight excluding hydrogens is 352 g/mol. The Morgan fingerprint density at radius 2 is 1.56 bits per heavy atom. The first-order valence-corrected chi connectivity index (χ1v) is 8.24. The Hall–Kier alpha value is -3.41. The summed E-state index contributed by atoms with van der Waals surface area (Å²) in [5.41, 5.74) is 1.59. The second kappa shape index (κ2) is 8.80. The normalized spacial score (nSPS) is 10.5. The van der Waals surface area contributed by atoms with E-state index in [0.29, 0.717) is 18.0 Å². The summed E-state index contributed by atoms with van der Waals surface area (Å²) in [6.07, 6.45) is 0. The molecule has 3 rings (SSSR count). The number of benzene rings is 3. The van der Waals surface area contributed by atoms with Crippen molar-refractivity contribution in [2.24, 2.45) is 0 Å². The Morgan fingerprint density at radius 3 is 2.26 bits per heavy atom. The van der Waals surface area contributed by atoms with Crippen LogP contribution < -0.4 is 14.8 Å². The van der Waals surface area contributed by atoms with E-state index in [9.17, 15) is 13.6 Å². The lowest BCUT2D eigenvalue weighted by Crippen LogP contribution is -2.14. The van der Waals surface area contributed by atoms with Crippen molar-refractivity contribution in [1.29, 1.82) is 0 Å². The smallest absolute Gasteiger partial charge is 0.387 e. The van der Waals surface area contributed by atoms with Crippen LogP contribution in [0.4, 0.5) is 14.5 Å². The number of anilines is 1. The van der Waals surface area contributed by atoms with Crippen LogP contribution >= 0.6 is 0 Å². The third-order valence-corrected chi connectivity index (χ3v) is 3.71. The van der Waals surface area contributed by atoms with E-state index < -0.39 is 12.5 Å². The summed E-state index contributed by atoms with van der Waals surface area (Å²) in [6.45, 7) is -2.56. The summed E-state index contributed by atoms with van der Waals surface area (Å²) in [6, 6.07) is 22.4. The molecule has 0 radical (unpaired) electrons. The number of alkyl halides is 2. The zero-order valence-electron chi connectivity index (χ0n) is 14.3. The van der Waals surface area contributed by atoms with Crippen LogP contribution in [0.15, 0.2) is 78.9 Å². The molecule has 0 aromatic heterocycles. The molecule has 0 aliphatic rings. The average molecular weight is 369 g/mol. The lowest BCUT2D eigenvalue weighted by molar-refractivity contribution is -0.0501. The highest BCUT2D eigenvalue weighted by molar-refractivity contribution is 6.06. The molecule has 0 unspecified atom stereocenters. The first kappa shape index (κ1) is 18.4. The van der Waals surface area contributed by atoms with Crippen molar-refractivity contribution in [2.45, 2.75) is 13.2 Å². The number of carbonyl (C=O) groups is 1. The maximum absolute atomic E-state index is 12.5. The van der Waals surface area contributed by atoms with Gasteiger partial charge in [0, 0.05) is 5.69 Å². The van der Waals surface area contributed by atoms with Gasteiger partial charge in [-0.3, -0.25) is 4.79 Å². The highest BCUT2D eigenvalue weighted by Crippen LogP contribution is 2.23. The van der Waals surface area contributed by atoms with Gasteiger partial charge < -0.3 is 14.8 Å². The molecule has 1 amide bonds. The van der Waals surface area contributed by atoms with Crippen molar-refractivity contribution < 1.29 is 23.0 Å². The summed E-state index contributed by atoms with van der Waals surface area (Å²) in [4.78, 5) is 12.3. The number of nitrogens with one attached hydrogen (secondary N) is 1. The van der Waals surface area contributed by atoms with Crippen LogP contribution in [-0.4, -0.2) is 12.5 Å². The zero-order chi connectivity index (χ0) is 19.1. The van der Waals surface area contributed by atoms with E-state index in [1.807, 2.05) is 30.3 Å². The number of ether oxygens (including phenoxy) is 2. The van der Waals surface area contributed by atoms with Gasteiger partial charge in [-0.25, -0.2) is 0 Å². The van der Waals surface area contributed by atoms with Crippen molar-refractivity contribution in [1.82, 2.24) is 0 Å². The molecule has 0 saturated heterocycles. The van der Waals surface area contributed by atoms with E-state index in [2.05, 4.69) is 10.1 Å². The molecule has 3 aromatic carbocycles. The SMILES string of the molecule is O=C(Nc1ccc(OCc2ccccc2)cc1)c1ccccc1OC(F)F. The standard InChI is InChI=1S/C21H17F2NO3/c22-21(23)27-19-9-5-4-8-18(19)20(25)24-16-10-12-17(13-11-16)26-14-15-6-2-1-3-7-15/h1-13,21H,14H2,(H,24,25). The lowest BCUT2D eigenvalue weighted by atomic mass is 10.2. The molecule has 4 nitrogen and oxygen atoms in total. The molecule has 0 bridgehead atoms. The molecule has 0 fully saturated rings. The van der Waals surface area contributed by atoms with E-state index in [1.54, 1.807) is 30.3 Å². The molecule has 0 spiro atoms. The Kier molecular flexibility index (Phi) is 5.99. The number of rotatable bonds is 7. The predicted octanol–water partition coefficient (Wildman–Crippen LogP) is 5.12.